The van der Waals surface area contributed by atoms with E-state index in [2.05, 4.69) is 10.3 Å². The molecule has 1 unspecified atom stereocenters. The molecule has 1 amide bonds. The number of aromatic hydroxyl groups is 2. The molecule has 1 heterocycles. The lowest BCUT2D eigenvalue weighted by molar-refractivity contribution is 0.0924. The van der Waals surface area contributed by atoms with Crippen molar-refractivity contribution in [3.8, 4) is 11.5 Å². The maximum absolute atomic E-state index is 12.4. The van der Waals surface area contributed by atoms with E-state index < -0.39 is 0 Å². The number of rotatable bonds is 3. The molecule has 4 N–H and O–H groups in total. The number of aromatic amines is 1. The molecule has 2 atom stereocenters. The van der Waals surface area contributed by atoms with Crippen molar-refractivity contribution in [2.75, 3.05) is 0 Å². The number of carbonyl (C=O) groups excluding carboxylic acids is 1. The van der Waals surface area contributed by atoms with Crippen molar-refractivity contribution in [3.63, 3.8) is 0 Å². The number of nitrogens with zero attached hydrogens (tertiary/aromatic N) is 1. The molecular weight excluding hydrogens is 330 g/mol. The van der Waals surface area contributed by atoms with Gasteiger partial charge >= 0.3 is 0 Å². The molecule has 0 bridgehead atoms. The Bertz CT molecular complexity index is 917. The topological polar surface area (TPSA) is 98.2 Å². The second kappa shape index (κ2) is 6.71. The van der Waals surface area contributed by atoms with Gasteiger partial charge in [0.05, 0.1) is 11.0 Å². The van der Waals surface area contributed by atoms with Gasteiger partial charge in [-0.1, -0.05) is 18.6 Å². The van der Waals surface area contributed by atoms with Crippen LogP contribution in [0.25, 0.3) is 11.0 Å². The molecule has 6 heteroatoms. The summed E-state index contributed by atoms with van der Waals surface area (Å²) in [6.45, 7) is 0. The van der Waals surface area contributed by atoms with Crippen LogP contribution in [0.3, 0.4) is 0 Å². The summed E-state index contributed by atoms with van der Waals surface area (Å²) in [5.74, 6) is 0.503. The monoisotopic (exact) mass is 351 g/mol. The van der Waals surface area contributed by atoms with Crippen molar-refractivity contribution < 1.29 is 15.0 Å². The van der Waals surface area contributed by atoms with Crippen molar-refractivity contribution >= 4 is 16.9 Å². The number of hydrogen-bond donors (Lipinski definition) is 4. The van der Waals surface area contributed by atoms with Crippen LogP contribution in [-0.4, -0.2) is 32.1 Å². The Balaban J connectivity index is 1.46. The highest BCUT2D eigenvalue weighted by molar-refractivity contribution is 5.95. The molecule has 1 fully saturated rings. The van der Waals surface area contributed by atoms with E-state index in [0.717, 1.165) is 42.5 Å². The number of phenols is 2. The Kier molecular flexibility index (Phi) is 4.24. The van der Waals surface area contributed by atoms with Gasteiger partial charge in [-0.3, -0.25) is 4.79 Å². The summed E-state index contributed by atoms with van der Waals surface area (Å²) >= 11 is 0. The van der Waals surface area contributed by atoms with E-state index in [0.29, 0.717) is 5.56 Å². The Hall–Kier alpha value is -3.02. The maximum atomic E-state index is 12.4. The molecule has 1 aromatic heterocycles. The largest absolute Gasteiger partial charge is 0.504 e. The Morgan fingerprint density at radius 1 is 1.12 bits per heavy atom. The summed E-state index contributed by atoms with van der Waals surface area (Å²) in [7, 11) is 0. The number of benzene rings is 2. The molecule has 1 aliphatic rings. The molecule has 4 rings (SSSR count). The SMILES string of the molecule is O=C(N[C@@H]1CCCC(c2nc3ccccc3[nH]2)C1)c1ccc(O)c(O)c1. The van der Waals surface area contributed by atoms with Crippen LogP contribution in [0, 0.1) is 0 Å². The minimum absolute atomic E-state index is 0.0606. The molecule has 0 aliphatic heterocycles. The first-order valence-electron chi connectivity index (χ1n) is 8.87. The summed E-state index contributed by atoms with van der Waals surface area (Å²) < 4.78 is 0. The smallest absolute Gasteiger partial charge is 0.251 e. The van der Waals surface area contributed by atoms with E-state index in [9.17, 15) is 15.0 Å². The number of imidazole rings is 1. The first-order valence-corrected chi connectivity index (χ1v) is 8.87. The Morgan fingerprint density at radius 3 is 2.77 bits per heavy atom. The van der Waals surface area contributed by atoms with Crippen LogP contribution in [0.2, 0.25) is 0 Å². The molecule has 0 spiro atoms. The lowest BCUT2D eigenvalue weighted by Gasteiger charge is -2.28. The van der Waals surface area contributed by atoms with Crippen LogP contribution in [0.4, 0.5) is 0 Å². The van der Waals surface area contributed by atoms with Crippen LogP contribution < -0.4 is 5.32 Å². The zero-order valence-corrected chi connectivity index (χ0v) is 14.3. The minimum atomic E-state index is -0.290. The maximum Gasteiger partial charge on any atom is 0.251 e. The average molecular weight is 351 g/mol. The Morgan fingerprint density at radius 2 is 1.96 bits per heavy atom. The molecule has 1 aliphatic carbocycles. The number of H-pyrrole nitrogens is 1. The highest BCUT2D eigenvalue weighted by Gasteiger charge is 2.27. The van der Waals surface area contributed by atoms with Gasteiger partial charge < -0.3 is 20.5 Å². The van der Waals surface area contributed by atoms with E-state index in [-0.39, 0.29) is 29.4 Å². The number of carbonyl (C=O) groups is 1. The third-order valence-electron chi connectivity index (χ3n) is 5.04. The number of fused-ring (bicyclic) bond motifs is 1. The molecule has 6 nitrogen and oxygen atoms in total. The number of para-hydroxylation sites is 2. The van der Waals surface area contributed by atoms with Crippen LogP contribution in [0.5, 0.6) is 11.5 Å². The second-order valence-electron chi connectivity index (χ2n) is 6.88. The van der Waals surface area contributed by atoms with Gasteiger partial charge in [0, 0.05) is 17.5 Å². The van der Waals surface area contributed by atoms with Crippen LogP contribution in [0.1, 0.15) is 47.8 Å². The van der Waals surface area contributed by atoms with Crippen molar-refractivity contribution in [2.24, 2.45) is 0 Å². The van der Waals surface area contributed by atoms with E-state index in [1.807, 2.05) is 24.3 Å². The van der Waals surface area contributed by atoms with Gasteiger partial charge in [-0.15, -0.1) is 0 Å². The third-order valence-corrected chi connectivity index (χ3v) is 5.04. The molecule has 134 valence electrons. The van der Waals surface area contributed by atoms with E-state index >= 15 is 0 Å². The average Bonchev–Trinajstić information content (AvgIpc) is 3.08. The van der Waals surface area contributed by atoms with Gasteiger partial charge in [-0.05, 0) is 49.6 Å². The van der Waals surface area contributed by atoms with Crippen LogP contribution in [0.15, 0.2) is 42.5 Å². The third kappa shape index (κ3) is 3.22. The predicted octanol–water partition coefficient (Wildman–Crippen LogP) is 3.43. The quantitative estimate of drug-likeness (QED) is 0.543. The minimum Gasteiger partial charge on any atom is -0.504 e. The molecule has 0 saturated heterocycles. The number of amides is 1. The molecule has 0 radical (unpaired) electrons. The normalized spacial score (nSPS) is 20.2. The first kappa shape index (κ1) is 16.4. The summed E-state index contributed by atoms with van der Waals surface area (Å²) in [4.78, 5) is 20.5. The van der Waals surface area contributed by atoms with Gasteiger partial charge in [-0.2, -0.15) is 0 Å². The molecular formula is C20H21N3O3. The van der Waals surface area contributed by atoms with E-state index in [1.165, 1.54) is 18.2 Å². The summed E-state index contributed by atoms with van der Waals surface area (Å²) in [5, 5.41) is 22.0. The lowest BCUT2D eigenvalue weighted by atomic mass is 9.85. The molecule has 3 aromatic rings. The van der Waals surface area contributed by atoms with Gasteiger partial charge in [-0.25, -0.2) is 4.98 Å². The molecule has 26 heavy (non-hydrogen) atoms. The van der Waals surface area contributed by atoms with Crippen LogP contribution >= 0.6 is 0 Å². The number of hydrogen-bond acceptors (Lipinski definition) is 4. The second-order valence-corrected chi connectivity index (χ2v) is 6.88. The van der Waals surface area contributed by atoms with E-state index in [1.54, 1.807) is 0 Å². The summed E-state index contributed by atoms with van der Waals surface area (Å²) in [5.41, 5.74) is 2.34. The van der Waals surface area contributed by atoms with Crippen molar-refractivity contribution in [1.29, 1.82) is 0 Å². The van der Waals surface area contributed by atoms with E-state index in [4.69, 9.17) is 4.98 Å². The fourth-order valence-corrected chi connectivity index (χ4v) is 3.67. The fraction of sp³-hybridized carbons (Fsp3) is 0.300. The molecule has 1 saturated carbocycles. The zero-order chi connectivity index (χ0) is 18.1. The lowest BCUT2D eigenvalue weighted by Crippen LogP contribution is -2.38. The first-order chi connectivity index (χ1) is 12.6. The van der Waals surface area contributed by atoms with Gasteiger partial charge in [0.15, 0.2) is 11.5 Å². The summed E-state index contributed by atoms with van der Waals surface area (Å²) in [6, 6.07) is 12.1. The van der Waals surface area contributed by atoms with Crippen molar-refractivity contribution in [1.82, 2.24) is 15.3 Å². The van der Waals surface area contributed by atoms with Crippen LogP contribution in [-0.2, 0) is 0 Å². The van der Waals surface area contributed by atoms with Gasteiger partial charge in [0.2, 0.25) is 0 Å². The number of aromatic nitrogens is 2. The standard InChI is InChI=1S/C20H21N3O3/c24-17-9-8-13(11-18(17)25)20(26)21-14-5-3-4-12(10-14)19-22-15-6-1-2-7-16(15)23-19/h1-2,6-9,11-12,14,24-25H,3-5,10H2,(H,21,26)(H,22,23)/t12?,14-/m1/s1. The number of phenolic OH excluding ortho intramolecular Hbond substituents is 2. The fourth-order valence-electron chi connectivity index (χ4n) is 3.67. The Labute approximate surface area is 150 Å². The van der Waals surface area contributed by atoms with Crippen molar-refractivity contribution in [3.05, 3.63) is 53.9 Å². The summed E-state index contributed by atoms with van der Waals surface area (Å²) in [6.07, 6.45) is 3.82. The number of nitrogens with one attached hydrogen (secondary N) is 2. The molecule has 2 aromatic carbocycles. The highest BCUT2D eigenvalue weighted by atomic mass is 16.3. The predicted molar refractivity (Wildman–Crippen MR) is 98.3 cm³/mol. The zero-order valence-electron chi connectivity index (χ0n) is 14.3. The highest BCUT2D eigenvalue weighted by Crippen LogP contribution is 2.33. The van der Waals surface area contributed by atoms with Gasteiger partial charge in [0.1, 0.15) is 5.82 Å². The van der Waals surface area contributed by atoms with Crippen molar-refractivity contribution in [2.45, 2.75) is 37.6 Å². The van der Waals surface area contributed by atoms with Gasteiger partial charge in [0.25, 0.3) is 5.91 Å².